The molecule has 4 unspecified atom stereocenters. The molecule has 2 nitrogen and oxygen atoms in total. The third-order valence-corrected chi connectivity index (χ3v) is 6.81. The van der Waals surface area contributed by atoms with Gasteiger partial charge in [0.2, 0.25) is 0 Å². The predicted octanol–water partition coefficient (Wildman–Crippen LogP) is 5.10. The van der Waals surface area contributed by atoms with E-state index in [-0.39, 0.29) is 17.8 Å². The molecule has 0 aromatic rings. The minimum atomic E-state index is -0.175. The molecule has 1 N–H and O–H groups in total. The maximum absolute atomic E-state index is 10.9. The maximum atomic E-state index is 10.9. The minimum absolute atomic E-state index is 0.0476. The molecule has 1 saturated carbocycles. The Hall–Kier alpha value is -0.340. The average Bonchev–Trinajstić information content (AvgIpc) is 2.46. The van der Waals surface area contributed by atoms with Gasteiger partial charge < -0.3 is 9.84 Å². The Balaban J connectivity index is 1.76. The lowest BCUT2D eigenvalue weighted by molar-refractivity contribution is -0.226. The summed E-state index contributed by atoms with van der Waals surface area (Å²) < 4.78 is 6.60. The number of hydrogen-bond acceptors (Lipinski definition) is 2. The van der Waals surface area contributed by atoms with Crippen molar-refractivity contribution in [2.75, 3.05) is 0 Å². The molecular weight excluding hydrogens is 284 g/mol. The van der Waals surface area contributed by atoms with E-state index in [9.17, 15) is 5.11 Å². The van der Waals surface area contributed by atoms with E-state index < -0.39 is 0 Å². The number of ether oxygens (including phenoxy) is 1. The summed E-state index contributed by atoms with van der Waals surface area (Å²) in [5.74, 6) is 2.06. The normalized spacial score (nSPS) is 42.6. The van der Waals surface area contributed by atoms with E-state index in [1.165, 1.54) is 44.1 Å². The van der Waals surface area contributed by atoms with Gasteiger partial charge in [0, 0.05) is 5.92 Å². The molecule has 6 atom stereocenters. The Morgan fingerprint density at radius 1 is 1.26 bits per heavy atom. The predicted molar refractivity (Wildman–Crippen MR) is 95.3 cm³/mol. The summed E-state index contributed by atoms with van der Waals surface area (Å²) in [5.41, 5.74) is 1.47. The summed E-state index contributed by atoms with van der Waals surface area (Å²) in [6.45, 7) is 9.08. The lowest BCUT2D eigenvalue weighted by atomic mass is 9.59. The summed E-state index contributed by atoms with van der Waals surface area (Å²) in [6.07, 6.45) is 12.3. The SMILES string of the molecule is CCCCCC1CC(O)C2C(C1)OC(C)(C)[C@@H]1CCC(C)=C[C@@H]21. The Morgan fingerprint density at radius 3 is 2.78 bits per heavy atom. The number of unbranched alkanes of at least 4 members (excludes halogenated alkanes) is 2. The summed E-state index contributed by atoms with van der Waals surface area (Å²) in [7, 11) is 0. The number of aliphatic hydroxyl groups is 1. The smallest absolute Gasteiger partial charge is 0.0664 e. The molecule has 0 bridgehead atoms. The van der Waals surface area contributed by atoms with Crippen molar-refractivity contribution in [3.63, 3.8) is 0 Å². The lowest BCUT2D eigenvalue weighted by Crippen LogP contribution is -2.58. The van der Waals surface area contributed by atoms with Crippen LogP contribution in [-0.2, 0) is 4.74 Å². The zero-order chi connectivity index (χ0) is 16.6. The quantitative estimate of drug-likeness (QED) is 0.576. The second kappa shape index (κ2) is 6.88. The second-order valence-electron chi connectivity index (χ2n) is 8.97. The van der Waals surface area contributed by atoms with Gasteiger partial charge in [0.15, 0.2) is 0 Å². The van der Waals surface area contributed by atoms with Crippen LogP contribution in [0.5, 0.6) is 0 Å². The maximum Gasteiger partial charge on any atom is 0.0664 e. The number of hydrogen-bond donors (Lipinski definition) is 1. The number of fused-ring (bicyclic) bond motifs is 3. The Bertz CT molecular complexity index is 439. The molecule has 2 aliphatic carbocycles. The van der Waals surface area contributed by atoms with Gasteiger partial charge in [0.05, 0.1) is 17.8 Å². The van der Waals surface area contributed by atoms with Crippen LogP contribution in [0.2, 0.25) is 0 Å². The van der Waals surface area contributed by atoms with E-state index in [1.54, 1.807) is 0 Å². The van der Waals surface area contributed by atoms with Crippen molar-refractivity contribution in [3.05, 3.63) is 11.6 Å². The van der Waals surface area contributed by atoms with Gasteiger partial charge in [0.25, 0.3) is 0 Å². The minimum Gasteiger partial charge on any atom is -0.393 e. The fraction of sp³-hybridized carbons (Fsp3) is 0.905. The van der Waals surface area contributed by atoms with Crippen LogP contribution in [0.4, 0.5) is 0 Å². The van der Waals surface area contributed by atoms with E-state index in [1.807, 2.05) is 0 Å². The van der Waals surface area contributed by atoms with E-state index in [0.29, 0.717) is 23.7 Å². The first kappa shape index (κ1) is 17.5. The highest BCUT2D eigenvalue weighted by molar-refractivity contribution is 5.15. The fourth-order valence-corrected chi connectivity index (χ4v) is 5.65. The zero-order valence-electron chi connectivity index (χ0n) is 15.6. The van der Waals surface area contributed by atoms with Gasteiger partial charge in [0.1, 0.15) is 0 Å². The van der Waals surface area contributed by atoms with Crippen molar-refractivity contribution >= 4 is 0 Å². The van der Waals surface area contributed by atoms with Crippen LogP contribution in [-0.4, -0.2) is 22.9 Å². The first-order valence-corrected chi connectivity index (χ1v) is 9.95. The lowest BCUT2D eigenvalue weighted by Gasteiger charge is -2.56. The van der Waals surface area contributed by atoms with Crippen LogP contribution >= 0.6 is 0 Å². The highest BCUT2D eigenvalue weighted by Crippen LogP contribution is 2.52. The number of rotatable bonds is 4. The van der Waals surface area contributed by atoms with Crippen molar-refractivity contribution in [1.29, 1.82) is 0 Å². The molecule has 1 aliphatic heterocycles. The summed E-state index contributed by atoms with van der Waals surface area (Å²) in [5, 5.41) is 10.9. The van der Waals surface area contributed by atoms with Crippen molar-refractivity contribution in [3.8, 4) is 0 Å². The molecule has 0 aromatic heterocycles. The third-order valence-electron chi connectivity index (χ3n) is 6.81. The van der Waals surface area contributed by atoms with Crippen LogP contribution < -0.4 is 0 Å². The van der Waals surface area contributed by atoms with Gasteiger partial charge in [-0.2, -0.15) is 0 Å². The van der Waals surface area contributed by atoms with E-state index >= 15 is 0 Å². The molecule has 1 heterocycles. The van der Waals surface area contributed by atoms with Gasteiger partial charge in [-0.1, -0.05) is 44.3 Å². The highest BCUT2D eigenvalue weighted by atomic mass is 16.5. The molecule has 1 saturated heterocycles. The molecule has 132 valence electrons. The molecule has 2 heteroatoms. The Morgan fingerprint density at radius 2 is 2.04 bits per heavy atom. The summed E-state index contributed by atoms with van der Waals surface area (Å²) in [6, 6.07) is 0. The Kier molecular flexibility index (Phi) is 5.23. The first-order chi connectivity index (χ1) is 10.9. The highest BCUT2D eigenvalue weighted by Gasteiger charge is 2.53. The van der Waals surface area contributed by atoms with Crippen LogP contribution in [0.3, 0.4) is 0 Å². The number of aliphatic hydroxyl groups excluding tert-OH is 1. The van der Waals surface area contributed by atoms with Gasteiger partial charge in [-0.15, -0.1) is 0 Å². The van der Waals surface area contributed by atoms with Crippen molar-refractivity contribution in [2.24, 2.45) is 23.7 Å². The zero-order valence-corrected chi connectivity index (χ0v) is 15.6. The molecular formula is C21H36O2. The van der Waals surface area contributed by atoms with E-state index in [2.05, 4.69) is 33.8 Å². The van der Waals surface area contributed by atoms with Crippen molar-refractivity contribution in [1.82, 2.24) is 0 Å². The molecule has 0 spiro atoms. The van der Waals surface area contributed by atoms with Gasteiger partial charge in [-0.3, -0.25) is 0 Å². The average molecular weight is 321 g/mol. The molecule has 23 heavy (non-hydrogen) atoms. The van der Waals surface area contributed by atoms with Gasteiger partial charge in [-0.05, 0) is 64.2 Å². The van der Waals surface area contributed by atoms with Gasteiger partial charge >= 0.3 is 0 Å². The molecule has 0 radical (unpaired) electrons. The topological polar surface area (TPSA) is 29.5 Å². The van der Waals surface area contributed by atoms with Crippen LogP contribution in [0, 0.1) is 23.7 Å². The van der Waals surface area contributed by atoms with Gasteiger partial charge in [-0.25, -0.2) is 0 Å². The molecule has 0 aromatic carbocycles. The largest absolute Gasteiger partial charge is 0.393 e. The van der Waals surface area contributed by atoms with Crippen molar-refractivity contribution < 1.29 is 9.84 Å². The molecule has 3 aliphatic rings. The second-order valence-corrected chi connectivity index (χ2v) is 8.97. The molecule has 3 rings (SSSR count). The van der Waals surface area contributed by atoms with E-state index in [0.717, 1.165) is 12.8 Å². The standard InChI is InChI=1S/C21H36O2/c1-5-6-7-8-15-12-18(22)20-16-11-14(2)9-10-17(16)21(3,4)23-19(20)13-15/h11,15-20,22H,5-10,12-13H2,1-4H3/t15?,16-,17-,18?,19?,20?/m1/s1. The monoisotopic (exact) mass is 320 g/mol. The molecule has 2 fully saturated rings. The molecule has 0 amide bonds. The number of allylic oxidation sites excluding steroid dienone is 2. The van der Waals surface area contributed by atoms with Crippen LogP contribution in [0.25, 0.3) is 0 Å². The van der Waals surface area contributed by atoms with Crippen LogP contribution in [0.1, 0.15) is 79.1 Å². The first-order valence-electron chi connectivity index (χ1n) is 9.95. The van der Waals surface area contributed by atoms with Crippen molar-refractivity contribution in [2.45, 2.75) is 96.9 Å². The van der Waals surface area contributed by atoms with Crippen LogP contribution in [0.15, 0.2) is 11.6 Å². The van der Waals surface area contributed by atoms with E-state index in [4.69, 9.17) is 4.74 Å². The fourth-order valence-electron chi connectivity index (χ4n) is 5.65. The third kappa shape index (κ3) is 3.54. The summed E-state index contributed by atoms with van der Waals surface area (Å²) >= 11 is 0. The Labute approximate surface area is 142 Å². The summed E-state index contributed by atoms with van der Waals surface area (Å²) in [4.78, 5) is 0.